The van der Waals surface area contributed by atoms with Crippen molar-refractivity contribution in [3.63, 3.8) is 0 Å². The van der Waals surface area contributed by atoms with E-state index in [1.54, 1.807) is 6.26 Å². The minimum absolute atomic E-state index is 0.0600. The molecule has 0 spiro atoms. The molecular weight excluding hydrogens is 292 g/mol. The maximum atomic E-state index is 5.99. The Morgan fingerprint density at radius 1 is 1.23 bits per heavy atom. The van der Waals surface area contributed by atoms with E-state index in [0.29, 0.717) is 12.7 Å². The van der Waals surface area contributed by atoms with E-state index >= 15 is 0 Å². The molecule has 0 aliphatic carbocycles. The number of hydrogen-bond acceptors (Lipinski definition) is 3. The van der Waals surface area contributed by atoms with Gasteiger partial charge in [0.2, 0.25) is 0 Å². The molecule has 4 heteroatoms. The van der Waals surface area contributed by atoms with Gasteiger partial charge in [0, 0.05) is 0 Å². The van der Waals surface area contributed by atoms with Crippen LogP contribution in [0.1, 0.15) is 24.7 Å². The van der Waals surface area contributed by atoms with Crippen LogP contribution in [0.2, 0.25) is 12.6 Å². The molecular formula is C18H23O3Si. The van der Waals surface area contributed by atoms with Crippen molar-refractivity contribution < 1.29 is 13.9 Å². The molecule has 0 saturated carbocycles. The lowest BCUT2D eigenvalue weighted by Crippen LogP contribution is -2.25. The van der Waals surface area contributed by atoms with Crippen LogP contribution in [0.3, 0.4) is 0 Å². The van der Waals surface area contributed by atoms with Crippen molar-refractivity contribution in [1.82, 2.24) is 0 Å². The third kappa shape index (κ3) is 4.56. The molecule has 2 unspecified atom stereocenters. The third-order valence-corrected chi connectivity index (χ3v) is 6.45. The van der Waals surface area contributed by atoms with Crippen LogP contribution in [0.15, 0.2) is 53.1 Å². The Morgan fingerprint density at radius 3 is 2.73 bits per heavy atom. The largest absolute Gasteiger partial charge is 0.467 e. The first-order valence-corrected chi connectivity index (χ1v) is 10.2. The number of furan rings is 1. The van der Waals surface area contributed by atoms with Crippen LogP contribution < -0.4 is 5.19 Å². The van der Waals surface area contributed by atoms with E-state index in [2.05, 4.69) is 36.9 Å². The normalized spacial score (nSPS) is 18.5. The lowest BCUT2D eigenvalue weighted by atomic mass is 10.1. The molecule has 2 heterocycles. The highest BCUT2D eigenvalue weighted by Crippen LogP contribution is 2.26. The van der Waals surface area contributed by atoms with Crippen LogP contribution in [0.25, 0.3) is 0 Å². The lowest BCUT2D eigenvalue weighted by molar-refractivity contribution is 0.0223. The van der Waals surface area contributed by atoms with Crippen molar-refractivity contribution in [2.45, 2.75) is 37.6 Å². The summed E-state index contributed by atoms with van der Waals surface area (Å²) in [4.78, 5) is 0. The standard InChI is InChI=1S/C18H23O3Si/c1-22(16-7-3-2-4-8-16)12-6-10-18(17-9-5-11-19-17)21-14-15-13-20-15/h2-5,7-9,11,15,18H,6,10,12-14H2,1H3. The molecule has 2 aromatic rings. The number of rotatable bonds is 9. The summed E-state index contributed by atoms with van der Waals surface area (Å²) in [5.41, 5.74) is 0. The van der Waals surface area contributed by atoms with Gasteiger partial charge in [-0.3, -0.25) is 0 Å². The molecule has 1 aliphatic heterocycles. The summed E-state index contributed by atoms with van der Waals surface area (Å²) in [5.74, 6) is 0.935. The van der Waals surface area contributed by atoms with Crippen LogP contribution in [-0.2, 0) is 9.47 Å². The van der Waals surface area contributed by atoms with Gasteiger partial charge in [-0.1, -0.05) is 54.5 Å². The van der Waals surface area contributed by atoms with Crippen molar-refractivity contribution in [3.05, 3.63) is 54.5 Å². The number of benzene rings is 1. The average Bonchev–Trinajstić information content (AvgIpc) is 3.23. The second-order valence-corrected chi connectivity index (χ2v) is 8.47. The zero-order valence-electron chi connectivity index (χ0n) is 13.0. The Hall–Kier alpha value is -1.36. The van der Waals surface area contributed by atoms with Crippen molar-refractivity contribution in [3.8, 4) is 0 Å². The molecule has 3 nitrogen and oxygen atoms in total. The topological polar surface area (TPSA) is 34.9 Å². The molecule has 0 N–H and O–H groups in total. The second kappa shape index (κ2) is 7.77. The maximum Gasteiger partial charge on any atom is 0.132 e. The van der Waals surface area contributed by atoms with Gasteiger partial charge in [0.1, 0.15) is 18.0 Å². The van der Waals surface area contributed by atoms with Crippen LogP contribution in [0, 0.1) is 0 Å². The molecule has 1 aliphatic rings. The summed E-state index contributed by atoms with van der Waals surface area (Å²) in [7, 11) is -0.460. The van der Waals surface area contributed by atoms with Gasteiger partial charge in [-0.25, -0.2) is 0 Å². The zero-order chi connectivity index (χ0) is 15.2. The summed E-state index contributed by atoms with van der Waals surface area (Å²) in [6.45, 7) is 3.90. The number of hydrogen-bond donors (Lipinski definition) is 0. The minimum Gasteiger partial charge on any atom is -0.467 e. The van der Waals surface area contributed by atoms with Gasteiger partial charge >= 0.3 is 0 Å². The van der Waals surface area contributed by atoms with Gasteiger partial charge in [0.15, 0.2) is 0 Å². The smallest absolute Gasteiger partial charge is 0.132 e. The highest BCUT2D eigenvalue weighted by atomic mass is 28.3. The average molecular weight is 315 g/mol. The first kappa shape index (κ1) is 15.5. The van der Waals surface area contributed by atoms with Gasteiger partial charge in [-0.15, -0.1) is 0 Å². The van der Waals surface area contributed by atoms with Crippen LogP contribution >= 0.6 is 0 Å². The third-order valence-electron chi connectivity index (χ3n) is 4.03. The summed E-state index contributed by atoms with van der Waals surface area (Å²) >= 11 is 0. The Balaban J connectivity index is 1.48. The summed E-state index contributed by atoms with van der Waals surface area (Å²) < 4.78 is 16.7. The molecule has 1 aromatic carbocycles. The first-order chi connectivity index (χ1) is 10.8. The van der Waals surface area contributed by atoms with Crippen molar-refractivity contribution in [2.75, 3.05) is 13.2 Å². The Morgan fingerprint density at radius 2 is 2.05 bits per heavy atom. The predicted molar refractivity (Wildman–Crippen MR) is 88.9 cm³/mol. The van der Waals surface area contributed by atoms with E-state index in [4.69, 9.17) is 13.9 Å². The first-order valence-electron chi connectivity index (χ1n) is 7.97. The Bertz CT molecular complexity index is 537. The van der Waals surface area contributed by atoms with E-state index in [1.807, 2.05) is 12.1 Å². The van der Waals surface area contributed by atoms with Crippen LogP contribution in [-0.4, -0.2) is 28.1 Å². The Kier molecular flexibility index (Phi) is 5.48. The van der Waals surface area contributed by atoms with Crippen molar-refractivity contribution in [1.29, 1.82) is 0 Å². The molecule has 2 atom stereocenters. The van der Waals surface area contributed by atoms with Gasteiger partial charge in [-0.05, 0) is 18.6 Å². The van der Waals surface area contributed by atoms with Crippen molar-refractivity contribution in [2.24, 2.45) is 0 Å². The van der Waals surface area contributed by atoms with E-state index in [0.717, 1.165) is 25.2 Å². The molecule has 3 rings (SSSR count). The fourth-order valence-electron chi connectivity index (χ4n) is 2.59. The fraction of sp³-hybridized carbons (Fsp3) is 0.444. The molecule has 117 valence electrons. The molecule has 0 amide bonds. The van der Waals surface area contributed by atoms with Crippen LogP contribution in [0.4, 0.5) is 0 Å². The van der Waals surface area contributed by atoms with Crippen molar-refractivity contribution >= 4 is 14.0 Å². The molecule has 1 saturated heterocycles. The monoisotopic (exact) mass is 315 g/mol. The molecule has 22 heavy (non-hydrogen) atoms. The predicted octanol–water partition coefficient (Wildman–Crippen LogP) is 3.55. The summed E-state index contributed by atoms with van der Waals surface area (Å²) in [6.07, 6.45) is 4.25. The lowest BCUT2D eigenvalue weighted by Gasteiger charge is -2.16. The Labute approximate surface area is 133 Å². The van der Waals surface area contributed by atoms with E-state index in [9.17, 15) is 0 Å². The SMILES string of the molecule is C[Si](CCCC(OCC1CO1)c1ccco1)c1ccccc1. The number of epoxide rings is 1. The van der Waals surface area contributed by atoms with Gasteiger partial charge < -0.3 is 13.9 Å². The maximum absolute atomic E-state index is 5.99. The second-order valence-electron chi connectivity index (χ2n) is 5.83. The van der Waals surface area contributed by atoms with Crippen LogP contribution in [0.5, 0.6) is 0 Å². The van der Waals surface area contributed by atoms with E-state index in [-0.39, 0.29) is 6.10 Å². The summed E-state index contributed by atoms with van der Waals surface area (Å²) in [6, 6.07) is 16.0. The molecule has 1 radical (unpaired) electrons. The number of ether oxygens (including phenoxy) is 2. The zero-order valence-corrected chi connectivity index (χ0v) is 14.0. The van der Waals surface area contributed by atoms with Gasteiger partial charge in [-0.2, -0.15) is 0 Å². The quantitative estimate of drug-likeness (QED) is 0.524. The molecule has 1 fully saturated rings. The minimum atomic E-state index is -0.460. The summed E-state index contributed by atoms with van der Waals surface area (Å²) in [5, 5.41) is 1.51. The van der Waals surface area contributed by atoms with E-state index in [1.165, 1.54) is 11.2 Å². The highest BCUT2D eigenvalue weighted by molar-refractivity contribution is 6.71. The fourth-order valence-corrected chi connectivity index (χ4v) is 4.37. The van der Waals surface area contributed by atoms with Gasteiger partial charge in [0.05, 0.1) is 28.3 Å². The van der Waals surface area contributed by atoms with E-state index < -0.39 is 8.80 Å². The van der Waals surface area contributed by atoms with Gasteiger partial charge in [0.25, 0.3) is 0 Å². The molecule has 0 bridgehead atoms. The highest BCUT2D eigenvalue weighted by Gasteiger charge is 2.25. The molecule has 1 aromatic heterocycles.